The number of carbonyl (C=O) groups excluding carboxylic acids is 2. The maximum Gasteiger partial charge on any atom is 0.256 e. The van der Waals surface area contributed by atoms with Crippen LogP contribution in [0.2, 0.25) is 0 Å². The van der Waals surface area contributed by atoms with Crippen molar-refractivity contribution in [3.8, 4) is 0 Å². The molecule has 0 aliphatic carbocycles. The van der Waals surface area contributed by atoms with E-state index in [0.29, 0.717) is 5.69 Å². The number of para-hydroxylation sites is 1. The molecular formula is C18H17BrN2O2. The number of halogens is 1. The number of carbonyl (C=O) groups is 2. The summed E-state index contributed by atoms with van der Waals surface area (Å²) < 4.78 is 0.866. The van der Waals surface area contributed by atoms with Gasteiger partial charge in [-0.3, -0.25) is 9.59 Å². The van der Waals surface area contributed by atoms with Crippen molar-refractivity contribution < 1.29 is 9.59 Å². The molecule has 118 valence electrons. The summed E-state index contributed by atoms with van der Waals surface area (Å²) in [5.74, 6) is -0.382. The van der Waals surface area contributed by atoms with Gasteiger partial charge in [-0.15, -0.1) is 0 Å². The minimum atomic E-state index is -0.541. The number of amides is 2. The number of rotatable bonds is 3. The third kappa shape index (κ3) is 2.88. The van der Waals surface area contributed by atoms with Gasteiger partial charge in [0.1, 0.15) is 6.04 Å². The molecule has 0 bridgehead atoms. The Balaban J connectivity index is 1.89. The highest BCUT2D eigenvalue weighted by molar-refractivity contribution is 9.10. The van der Waals surface area contributed by atoms with E-state index < -0.39 is 6.04 Å². The molecule has 5 heteroatoms. The molecule has 2 amide bonds. The Kier molecular flexibility index (Phi) is 4.22. The summed E-state index contributed by atoms with van der Waals surface area (Å²) in [4.78, 5) is 26.4. The first-order valence-electron chi connectivity index (χ1n) is 7.43. The van der Waals surface area contributed by atoms with Crippen LogP contribution >= 0.6 is 15.9 Å². The Morgan fingerprint density at radius 1 is 1.09 bits per heavy atom. The van der Waals surface area contributed by atoms with Crippen LogP contribution in [-0.4, -0.2) is 17.9 Å². The van der Waals surface area contributed by atoms with E-state index in [-0.39, 0.29) is 18.2 Å². The summed E-state index contributed by atoms with van der Waals surface area (Å²) in [6.07, 6.45) is 0.160. The predicted molar refractivity (Wildman–Crippen MR) is 94.6 cm³/mol. The first-order valence-corrected chi connectivity index (χ1v) is 8.22. The molecule has 2 aromatic rings. The number of hydrogen-bond acceptors (Lipinski definition) is 3. The van der Waals surface area contributed by atoms with Crippen LogP contribution in [0.25, 0.3) is 0 Å². The number of aryl methyl sites for hydroxylation is 1. The van der Waals surface area contributed by atoms with Gasteiger partial charge < -0.3 is 5.32 Å². The molecule has 0 radical (unpaired) electrons. The van der Waals surface area contributed by atoms with Gasteiger partial charge in [-0.25, -0.2) is 4.90 Å². The normalized spacial score (nSPS) is 17.7. The van der Waals surface area contributed by atoms with E-state index in [4.69, 9.17) is 0 Å². The Morgan fingerprint density at radius 3 is 2.57 bits per heavy atom. The monoisotopic (exact) mass is 372 g/mol. The molecule has 1 atom stereocenters. The van der Waals surface area contributed by atoms with E-state index in [1.54, 1.807) is 0 Å². The van der Waals surface area contributed by atoms with E-state index in [2.05, 4.69) is 21.2 Å². The highest BCUT2D eigenvalue weighted by Gasteiger charge is 2.40. The number of nitrogens with zero attached hydrogens (tertiary/aromatic N) is 1. The topological polar surface area (TPSA) is 49.4 Å². The molecule has 2 aromatic carbocycles. The maximum absolute atomic E-state index is 12.7. The van der Waals surface area contributed by atoms with Gasteiger partial charge in [0, 0.05) is 10.2 Å². The number of imide groups is 1. The van der Waals surface area contributed by atoms with Crippen molar-refractivity contribution in [2.24, 2.45) is 0 Å². The number of anilines is 2. The Hall–Kier alpha value is -2.14. The number of hydrogen-bond donors (Lipinski definition) is 1. The van der Waals surface area contributed by atoms with Crippen molar-refractivity contribution in [2.75, 3.05) is 10.2 Å². The maximum atomic E-state index is 12.7. The Labute approximate surface area is 143 Å². The van der Waals surface area contributed by atoms with Gasteiger partial charge in [-0.1, -0.05) is 24.3 Å². The molecule has 0 saturated carbocycles. The zero-order valence-corrected chi connectivity index (χ0v) is 14.6. The van der Waals surface area contributed by atoms with E-state index in [9.17, 15) is 9.59 Å². The fraction of sp³-hybridized carbons (Fsp3) is 0.222. The second-order valence-corrected chi connectivity index (χ2v) is 6.52. The molecule has 3 rings (SSSR count). The first-order chi connectivity index (χ1) is 11.0. The van der Waals surface area contributed by atoms with Crippen LogP contribution in [0, 0.1) is 13.8 Å². The lowest BCUT2D eigenvalue weighted by Gasteiger charge is -2.19. The SMILES string of the molecule is Cc1cccc(N2C(=O)C[C@H](Nc3ccccc3Br)C2=O)c1C. The van der Waals surface area contributed by atoms with Crippen LogP contribution in [0.15, 0.2) is 46.9 Å². The van der Waals surface area contributed by atoms with Crippen molar-refractivity contribution in [1.29, 1.82) is 0 Å². The highest BCUT2D eigenvalue weighted by Crippen LogP contribution is 2.30. The lowest BCUT2D eigenvalue weighted by Crippen LogP contribution is -2.35. The molecule has 0 spiro atoms. The summed E-state index contributed by atoms with van der Waals surface area (Å²) in [5.41, 5.74) is 3.50. The van der Waals surface area contributed by atoms with Crippen LogP contribution in [0.5, 0.6) is 0 Å². The molecule has 0 unspecified atom stereocenters. The largest absolute Gasteiger partial charge is 0.372 e. The quantitative estimate of drug-likeness (QED) is 0.833. The molecule has 1 aliphatic heterocycles. The van der Waals surface area contributed by atoms with E-state index in [1.165, 1.54) is 4.90 Å². The predicted octanol–water partition coefficient (Wildman–Crippen LogP) is 3.81. The van der Waals surface area contributed by atoms with Crippen molar-refractivity contribution in [3.05, 3.63) is 58.1 Å². The van der Waals surface area contributed by atoms with Crippen LogP contribution in [0.4, 0.5) is 11.4 Å². The van der Waals surface area contributed by atoms with Crippen LogP contribution in [-0.2, 0) is 9.59 Å². The van der Waals surface area contributed by atoms with E-state index >= 15 is 0 Å². The average Bonchev–Trinajstić information content (AvgIpc) is 2.79. The van der Waals surface area contributed by atoms with Crippen LogP contribution < -0.4 is 10.2 Å². The van der Waals surface area contributed by atoms with Gasteiger partial charge in [0.15, 0.2) is 0 Å². The standard InChI is InChI=1S/C18H17BrN2O2/c1-11-6-5-9-16(12(11)2)21-17(22)10-15(18(21)23)20-14-8-4-3-7-13(14)19/h3-9,15,20H,10H2,1-2H3/t15-/m0/s1. The van der Waals surface area contributed by atoms with E-state index in [0.717, 1.165) is 21.3 Å². The molecule has 1 heterocycles. The summed E-state index contributed by atoms with van der Waals surface area (Å²) in [6.45, 7) is 3.90. The molecule has 1 fully saturated rings. The van der Waals surface area contributed by atoms with Crippen LogP contribution in [0.3, 0.4) is 0 Å². The zero-order chi connectivity index (χ0) is 16.6. The molecular weight excluding hydrogens is 356 g/mol. The molecule has 1 saturated heterocycles. The zero-order valence-electron chi connectivity index (χ0n) is 13.0. The molecule has 23 heavy (non-hydrogen) atoms. The lowest BCUT2D eigenvalue weighted by molar-refractivity contribution is -0.121. The smallest absolute Gasteiger partial charge is 0.256 e. The second-order valence-electron chi connectivity index (χ2n) is 5.67. The van der Waals surface area contributed by atoms with Crippen molar-refractivity contribution >= 4 is 39.1 Å². The summed E-state index contributed by atoms with van der Waals surface area (Å²) >= 11 is 3.45. The molecule has 1 aliphatic rings. The summed E-state index contributed by atoms with van der Waals surface area (Å²) in [7, 11) is 0. The van der Waals surface area contributed by atoms with Crippen molar-refractivity contribution in [1.82, 2.24) is 0 Å². The van der Waals surface area contributed by atoms with Crippen LogP contribution in [0.1, 0.15) is 17.5 Å². The minimum Gasteiger partial charge on any atom is -0.372 e. The molecule has 4 nitrogen and oxygen atoms in total. The first kappa shape index (κ1) is 15.7. The average molecular weight is 373 g/mol. The van der Waals surface area contributed by atoms with Crippen molar-refractivity contribution in [2.45, 2.75) is 26.3 Å². The van der Waals surface area contributed by atoms with Gasteiger partial charge in [-0.05, 0) is 59.1 Å². The summed E-state index contributed by atoms with van der Waals surface area (Å²) in [5, 5.41) is 3.16. The Bertz CT molecular complexity index is 788. The Morgan fingerprint density at radius 2 is 1.83 bits per heavy atom. The van der Waals surface area contributed by atoms with Gasteiger partial charge in [-0.2, -0.15) is 0 Å². The highest BCUT2D eigenvalue weighted by atomic mass is 79.9. The molecule has 0 aromatic heterocycles. The molecule has 1 N–H and O–H groups in total. The summed E-state index contributed by atoms with van der Waals surface area (Å²) in [6, 6.07) is 12.7. The lowest BCUT2D eigenvalue weighted by atomic mass is 10.1. The van der Waals surface area contributed by atoms with Crippen molar-refractivity contribution in [3.63, 3.8) is 0 Å². The van der Waals surface area contributed by atoms with Gasteiger partial charge in [0.25, 0.3) is 5.91 Å². The second kappa shape index (κ2) is 6.16. The minimum absolute atomic E-state index is 0.160. The third-order valence-corrected chi connectivity index (χ3v) is 4.86. The number of benzene rings is 2. The number of nitrogens with one attached hydrogen (secondary N) is 1. The third-order valence-electron chi connectivity index (χ3n) is 4.17. The van der Waals surface area contributed by atoms with Gasteiger partial charge >= 0.3 is 0 Å². The fourth-order valence-corrected chi connectivity index (χ4v) is 3.14. The van der Waals surface area contributed by atoms with Gasteiger partial charge in [0.05, 0.1) is 12.1 Å². The van der Waals surface area contributed by atoms with Gasteiger partial charge in [0.2, 0.25) is 5.91 Å². The fourth-order valence-electron chi connectivity index (χ4n) is 2.74. The van der Waals surface area contributed by atoms with E-state index in [1.807, 2.05) is 56.3 Å².